The fourth-order valence-corrected chi connectivity index (χ4v) is 12.8. The molecule has 0 unspecified atom stereocenters. The Hall–Kier alpha value is -0.660. The summed E-state index contributed by atoms with van der Waals surface area (Å²) in [5.74, 6) is 6.32. The first kappa shape index (κ1) is 12.7. The third kappa shape index (κ3) is 0.687. The molecule has 8 aliphatic rings. The maximum atomic E-state index is 14.0. The molecule has 0 aromatic carbocycles. The molecule has 8 rings (SSSR count). The summed E-state index contributed by atoms with van der Waals surface area (Å²) >= 11 is 0. The molecule has 0 aliphatic heterocycles. The highest BCUT2D eigenvalue weighted by molar-refractivity contribution is 6.05. The minimum Gasteiger partial charge on any atom is -0.298 e. The van der Waals surface area contributed by atoms with Crippen molar-refractivity contribution in [2.45, 2.75) is 52.4 Å². The maximum absolute atomic E-state index is 14.0. The van der Waals surface area contributed by atoms with Gasteiger partial charge >= 0.3 is 0 Å². The van der Waals surface area contributed by atoms with Gasteiger partial charge in [0.1, 0.15) is 11.6 Å². The van der Waals surface area contributed by atoms with Gasteiger partial charge in [-0.1, -0.05) is 26.7 Å². The highest BCUT2D eigenvalue weighted by atomic mass is 16.1. The fourth-order valence-electron chi connectivity index (χ4n) is 12.8. The van der Waals surface area contributed by atoms with Crippen molar-refractivity contribution in [1.82, 2.24) is 0 Å². The molecule has 0 aromatic rings. The average molecular weight is 322 g/mol. The number of rotatable bonds is 0. The first-order valence-electron chi connectivity index (χ1n) is 10.6. The maximum Gasteiger partial charge on any atom is 0.146 e. The Morgan fingerprint density at radius 3 is 1.58 bits per heavy atom. The number of carbonyl (C=O) groups is 2. The molecule has 0 saturated heterocycles. The van der Waals surface area contributed by atoms with Crippen molar-refractivity contribution in [2.75, 3.05) is 0 Å². The van der Waals surface area contributed by atoms with E-state index in [0.717, 1.165) is 24.7 Å². The number of carbonyl (C=O) groups excluding carboxylic acids is 2. The number of hydrogen-bond acceptors (Lipinski definition) is 2. The van der Waals surface area contributed by atoms with E-state index in [0.29, 0.717) is 47.1 Å². The van der Waals surface area contributed by atoms with Crippen LogP contribution in [0, 0.1) is 69.0 Å². The zero-order valence-electron chi connectivity index (χ0n) is 14.7. The zero-order valence-corrected chi connectivity index (χ0v) is 14.7. The summed E-state index contributed by atoms with van der Waals surface area (Å²) in [6.45, 7) is 4.71. The molecule has 126 valence electrons. The molecule has 4 bridgehead atoms. The van der Waals surface area contributed by atoms with Gasteiger partial charge in [0.25, 0.3) is 0 Å². The Bertz CT molecular complexity index is 734. The fraction of sp³-hybridized carbons (Fsp3) is 0.909. The molecular weight excluding hydrogens is 296 g/mol. The number of ketones is 2. The molecule has 8 aliphatic carbocycles. The summed E-state index contributed by atoms with van der Waals surface area (Å²) in [4.78, 5) is 28.0. The van der Waals surface area contributed by atoms with Gasteiger partial charge in [0, 0.05) is 21.7 Å². The molecule has 12 atom stereocenters. The Labute approximate surface area is 143 Å². The van der Waals surface area contributed by atoms with E-state index in [9.17, 15) is 9.59 Å². The van der Waals surface area contributed by atoms with Crippen LogP contribution in [0.1, 0.15) is 52.4 Å². The van der Waals surface area contributed by atoms with Crippen LogP contribution in [0.25, 0.3) is 0 Å². The summed E-state index contributed by atoms with van der Waals surface area (Å²) < 4.78 is 0. The highest BCUT2D eigenvalue weighted by Crippen LogP contribution is 2.97. The van der Waals surface area contributed by atoms with Crippen molar-refractivity contribution in [3.8, 4) is 0 Å². The van der Waals surface area contributed by atoms with Crippen LogP contribution >= 0.6 is 0 Å². The lowest BCUT2D eigenvalue weighted by Gasteiger charge is -2.53. The molecule has 0 spiro atoms. The van der Waals surface area contributed by atoms with Crippen LogP contribution < -0.4 is 0 Å². The summed E-state index contributed by atoms with van der Waals surface area (Å²) in [6, 6.07) is 0. The van der Waals surface area contributed by atoms with Crippen molar-refractivity contribution in [2.24, 2.45) is 69.0 Å². The molecule has 0 radical (unpaired) electrons. The molecule has 24 heavy (non-hydrogen) atoms. The number of hydrogen-bond donors (Lipinski definition) is 0. The molecule has 8 saturated carbocycles. The molecule has 2 nitrogen and oxygen atoms in total. The third-order valence-corrected chi connectivity index (χ3v) is 12.1. The second-order valence-electron chi connectivity index (χ2n) is 11.5. The van der Waals surface area contributed by atoms with Crippen LogP contribution in [-0.2, 0) is 9.59 Å². The Kier molecular flexibility index (Phi) is 1.52. The molecular formula is C22H26O2. The lowest BCUT2D eigenvalue weighted by atomic mass is 9.48. The second kappa shape index (κ2) is 2.89. The van der Waals surface area contributed by atoms with Crippen molar-refractivity contribution < 1.29 is 9.59 Å². The zero-order chi connectivity index (χ0) is 16.0. The lowest BCUT2D eigenvalue weighted by Crippen LogP contribution is -2.59. The van der Waals surface area contributed by atoms with Crippen molar-refractivity contribution in [1.29, 1.82) is 0 Å². The summed E-state index contributed by atoms with van der Waals surface area (Å²) in [5, 5.41) is 0. The van der Waals surface area contributed by atoms with Crippen molar-refractivity contribution in [3.05, 3.63) is 0 Å². The topological polar surface area (TPSA) is 34.1 Å². The van der Waals surface area contributed by atoms with Crippen LogP contribution in [0.15, 0.2) is 0 Å². The van der Waals surface area contributed by atoms with Gasteiger partial charge in [-0.15, -0.1) is 0 Å². The second-order valence-corrected chi connectivity index (χ2v) is 11.5. The van der Waals surface area contributed by atoms with E-state index >= 15 is 0 Å². The van der Waals surface area contributed by atoms with Crippen LogP contribution in [-0.4, -0.2) is 11.6 Å². The van der Waals surface area contributed by atoms with Crippen molar-refractivity contribution >= 4 is 11.6 Å². The van der Waals surface area contributed by atoms with E-state index in [1.54, 1.807) is 0 Å². The minimum absolute atomic E-state index is 0.0590. The van der Waals surface area contributed by atoms with Gasteiger partial charge in [0.2, 0.25) is 0 Å². The predicted molar refractivity (Wildman–Crippen MR) is 86.7 cm³/mol. The minimum atomic E-state index is -0.119. The normalized spacial score (nSPS) is 77.4. The van der Waals surface area contributed by atoms with Crippen LogP contribution in [0.5, 0.6) is 0 Å². The van der Waals surface area contributed by atoms with Crippen molar-refractivity contribution in [3.63, 3.8) is 0 Å². The smallest absolute Gasteiger partial charge is 0.146 e. The van der Waals surface area contributed by atoms with Gasteiger partial charge in [0.05, 0.1) is 0 Å². The molecule has 0 aromatic heterocycles. The number of Topliss-reactive ketones (excluding diaryl/α,β-unsaturated/α-hetero) is 2. The summed E-state index contributed by atoms with van der Waals surface area (Å²) in [7, 11) is 0. The standard InChI is InChI=1S/C22H26O2/c1-19-13-9-5-3-8-22(9,17(19)23)16-11(13)12-14-10-6-4-7-21(10,15(12)19)18(24)20(14,16)2/h9-16H,3-8H2,1-2H3/t9-,10+,11+,12-,13+,14-,15-,16-,19+,20+,21-,22-/m0/s1. The molecule has 0 amide bonds. The average Bonchev–Trinajstić information content (AvgIpc) is 3.29. The summed E-state index contributed by atoms with van der Waals surface area (Å²) in [5.41, 5.74) is -0.357. The first-order chi connectivity index (χ1) is 11.5. The largest absolute Gasteiger partial charge is 0.298 e. The van der Waals surface area contributed by atoms with Crippen LogP contribution in [0.3, 0.4) is 0 Å². The van der Waals surface area contributed by atoms with E-state index in [4.69, 9.17) is 0 Å². The molecule has 2 heteroatoms. The monoisotopic (exact) mass is 322 g/mol. The SMILES string of the molecule is C[C@@]12C(=O)[C@@]34CCC[C@H]3[C@@H]1[C@H]1[C@H]3[C@@H]5[C@H]6CCC[C@@]6(C(=O)[C@@]5(C)[C@H]14)[C@@H]32. The van der Waals surface area contributed by atoms with Gasteiger partial charge in [0.15, 0.2) is 0 Å². The first-order valence-corrected chi connectivity index (χ1v) is 10.6. The molecule has 0 N–H and O–H groups in total. The van der Waals surface area contributed by atoms with E-state index in [1.807, 2.05) is 0 Å². The van der Waals surface area contributed by atoms with Crippen LogP contribution in [0.4, 0.5) is 0 Å². The lowest BCUT2D eigenvalue weighted by molar-refractivity contribution is -0.163. The molecule has 8 fully saturated rings. The van der Waals surface area contributed by atoms with E-state index in [-0.39, 0.29) is 21.7 Å². The van der Waals surface area contributed by atoms with E-state index < -0.39 is 0 Å². The van der Waals surface area contributed by atoms with Crippen LogP contribution in [0.2, 0.25) is 0 Å². The highest BCUT2D eigenvalue weighted by Gasteiger charge is 2.98. The van der Waals surface area contributed by atoms with Gasteiger partial charge in [-0.25, -0.2) is 0 Å². The quantitative estimate of drug-likeness (QED) is 0.684. The number of fused-ring (bicyclic) bond motifs is 2. The Morgan fingerprint density at radius 2 is 1.17 bits per heavy atom. The Balaban J connectivity index is 1.55. The Morgan fingerprint density at radius 1 is 0.750 bits per heavy atom. The van der Waals surface area contributed by atoms with E-state index in [2.05, 4.69) is 13.8 Å². The molecule has 0 heterocycles. The third-order valence-electron chi connectivity index (χ3n) is 12.1. The van der Waals surface area contributed by atoms with Gasteiger partial charge < -0.3 is 0 Å². The predicted octanol–water partition coefficient (Wildman–Crippen LogP) is 3.49. The van der Waals surface area contributed by atoms with Gasteiger partial charge in [-0.3, -0.25) is 9.59 Å². The van der Waals surface area contributed by atoms with E-state index in [1.165, 1.54) is 25.7 Å². The van der Waals surface area contributed by atoms with Gasteiger partial charge in [-0.05, 0) is 73.0 Å². The summed E-state index contributed by atoms with van der Waals surface area (Å²) in [6.07, 6.45) is 7.29. The van der Waals surface area contributed by atoms with Gasteiger partial charge in [-0.2, -0.15) is 0 Å².